The summed E-state index contributed by atoms with van der Waals surface area (Å²) in [4.78, 5) is 0. The van der Waals surface area contributed by atoms with Crippen molar-refractivity contribution in [3.63, 3.8) is 0 Å². The van der Waals surface area contributed by atoms with Gasteiger partial charge in [0.1, 0.15) is 5.75 Å². The Morgan fingerprint density at radius 1 is 1.50 bits per heavy atom. The summed E-state index contributed by atoms with van der Waals surface area (Å²) in [5.74, 6) is 0.966. The summed E-state index contributed by atoms with van der Waals surface area (Å²) in [6, 6.07) is 4.11. The fraction of sp³-hybridized carbons (Fsp3) is 0.400. The van der Waals surface area contributed by atoms with Gasteiger partial charge in [-0.2, -0.15) is 0 Å². The van der Waals surface area contributed by atoms with E-state index >= 15 is 0 Å². The third kappa shape index (κ3) is 1.92. The Kier molecular flexibility index (Phi) is 3.05. The van der Waals surface area contributed by atoms with Crippen molar-refractivity contribution in [1.29, 1.82) is 0 Å². The summed E-state index contributed by atoms with van der Waals surface area (Å²) >= 11 is 3.47. The van der Waals surface area contributed by atoms with Crippen LogP contribution in [0.15, 0.2) is 16.6 Å². The van der Waals surface area contributed by atoms with Gasteiger partial charge in [0.25, 0.3) is 0 Å². The Morgan fingerprint density at radius 3 is 3.14 bits per heavy atom. The highest BCUT2D eigenvalue weighted by Gasteiger charge is 2.15. The van der Waals surface area contributed by atoms with Gasteiger partial charge in [0.15, 0.2) is 6.79 Å². The van der Waals surface area contributed by atoms with E-state index in [9.17, 15) is 0 Å². The molecule has 0 atom stereocenters. The molecule has 1 N–H and O–H groups in total. The van der Waals surface area contributed by atoms with Crippen molar-refractivity contribution < 1.29 is 9.47 Å². The van der Waals surface area contributed by atoms with Gasteiger partial charge in [0, 0.05) is 22.1 Å². The van der Waals surface area contributed by atoms with Crippen LogP contribution in [-0.2, 0) is 17.9 Å². The maximum atomic E-state index is 5.48. The molecule has 0 saturated heterocycles. The summed E-state index contributed by atoms with van der Waals surface area (Å²) in [5, 5.41) is 3.12. The molecule has 3 nitrogen and oxygen atoms in total. The molecule has 76 valence electrons. The minimum atomic E-state index is 0.353. The Balaban J connectivity index is 2.41. The first-order valence-corrected chi connectivity index (χ1v) is 5.27. The van der Waals surface area contributed by atoms with Gasteiger partial charge < -0.3 is 14.8 Å². The first-order chi connectivity index (χ1) is 6.81. The summed E-state index contributed by atoms with van der Waals surface area (Å²) in [5.41, 5.74) is 2.27. The standard InChI is InChI=1S/C10H12BrNO2/c1-12-4-7-2-9(11)3-8-5-13-6-14-10(7)8/h2-3,12H,4-6H2,1H3. The van der Waals surface area contributed by atoms with Crippen molar-refractivity contribution in [3.8, 4) is 5.75 Å². The molecular formula is C10H12BrNO2. The first-order valence-electron chi connectivity index (χ1n) is 4.47. The Bertz CT molecular complexity index is 341. The quantitative estimate of drug-likeness (QED) is 0.880. The van der Waals surface area contributed by atoms with Crippen LogP contribution < -0.4 is 10.1 Å². The van der Waals surface area contributed by atoms with Crippen LogP contribution in [0, 0.1) is 0 Å². The Morgan fingerprint density at radius 2 is 2.36 bits per heavy atom. The van der Waals surface area contributed by atoms with E-state index < -0.39 is 0 Å². The Labute approximate surface area is 91.5 Å². The predicted molar refractivity (Wildman–Crippen MR) is 57.2 cm³/mol. The maximum Gasteiger partial charge on any atom is 0.189 e. The molecule has 0 aliphatic carbocycles. The van der Waals surface area contributed by atoms with Gasteiger partial charge in [-0.05, 0) is 19.2 Å². The van der Waals surface area contributed by atoms with E-state index in [1.807, 2.05) is 13.1 Å². The summed E-state index contributed by atoms with van der Waals surface area (Å²) in [7, 11) is 1.92. The van der Waals surface area contributed by atoms with Gasteiger partial charge in [0.2, 0.25) is 0 Å². The molecule has 2 rings (SSSR count). The zero-order valence-corrected chi connectivity index (χ0v) is 9.56. The van der Waals surface area contributed by atoms with Crippen LogP contribution in [0.3, 0.4) is 0 Å². The van der Waals surface area contributed by atoms with E-state index in [4.69, 9.17) is 9.47 Å². The lowest BCUT2D eigenvalue weighted by molar-refractivity contribution is -0.0171. The third-order valence-electron chi connectivity index (χ3n) is 2.12. The van der Waals surface area contributed by atoms with E-state index in [2.05, 4.69) is 27.3 Å². The van der Waals surface area contributed by atoms with Crippen LogP contribution in [0.2, 0.25) is 0 Å². The molecule has 0 bridgehead atoms. The minimum absolute atomic E-state index is 0.353. The van der Waals surface area contributed by atoms with Crippen LogP contribution in [-0.4, -0.2) is 13.8 Å². The number of halogens is 1. The highest BCUT2D eigenvalue weighted by atomic mass is 79.9. The molecule has 1 aliphatic rings. The van der Waals surface area contributed by atoms with E-state index in [1.165, 1.54) is 5.56 Å². The molecule has 14 heavy (non-hydrogen) atoms. The lowest BCUT2D eigenvalue weighted by Crippen LogP contribution is -2.15. The van der Waals surface area contributed by atoms with Crippen LogP contribution in [0.5, 0.6) is 5.75 Å². The van der Waals surface area contributed by atoms with E-state index in [0.717, 1.165) is 22.3 Å². The molecule has 1 aromatic rings. The van der Waals surface area contributed by atoms with Crippen LogP contribution in [0.1, 0.15) is 11.1 Å². The van der Waals surface area contributed by atoms with Crippen molar-refractivity contribution in [2.75, 3.05) is 13.8 Å². The third-order valence-corrected chi connectivity index (χ3v) is 2.58. The molecule has 4 heteroatoms. The second-order valence-corrected chi connectivity index (χ2v) is 4.11. The van der Waals surface area contributed by atoms with Crippen molar-refractivity contribution in [3.05, 3.63) is 27.7 Å². The van der Waals surface area contributed by atoms with Gasteiger partial charge in [0.05, 0.1) is 6.61 Å². The monoisotopic (exact) mass is 257 g/mol. The van der Waals surface area contributed by atoms with Crippen molar-refractivity contribution >= 4 is 15.9 Å². The lowest BCUT2D eigenvalue weighted by atomic mass is 10.1. The van der Waals surface area contributed by atoms with Gasteiger partial charge in [-0.3, -0.25) is 0 Å². The van der Waals surface area contributed by atoms with Gasteiger partial charge in [-0.15, -0.1) is 0 Å². The zero-order chi connectivity index (χ0) is 9.97. The van der Waals surface area contributed by atoms with E-state index in [1.54, 1.807) is 0 Å². The van der Waals surface area contributed by atoms with Crippen molar-refractivity contribution in [1.82, 2.24) is 5.32 Å². The predicted octanol–water partition coefficient (Wildman–Crippen LogP) is 2.04. The van der Waals surface area contributed by atoms with Crippen LogP contribution in [0.4, 0.5) is 0 Å². The molecule has 0 spiro atoms. The highest BCUT2D eigenvalue weighted by Crippen LogP contribution is 2.31. The summed E-state index contributed by atoms with van der Waals surface area (Å²) in [6.45, 7) is 1.79. The molecule has 1 heterocycles. The second kappa shape index (κ2) is 4.29. The number of benzene rings is 1. The van der Waals surface area contributed by atoms with Crippen LogP contribution >= 0.6 is 15.9 Å². The van der Waals surface area contributed by atoms with E-state index in [-0.39, 0.29) is 0 Å². The van der Waals surface area contributed by atoms with E-state index in [0.29, 0.717) is 13.4 Å². The van der Waals surface area contributed by atoms with Gasteiger partial charge >= 0.3 is 0 Å². The average molecular weight is 258 g/mol. The molecule has 0 radical (unpaired) electrons. The molecule has 0 saturated carbocycles. The van der Waals surface area contributed by atoms with Crippen molar-refractivity contribution in [2.45, 2.75) is 13.2 Å². The SMILES string of the molecule is CNCc1cc(Br)cc2c1OCOC2. The number of rotatable bonds is 2. The number of hydrogen-bond acceptors (Lipinski definition) is 3. The smallest absolute Gasteiger partial charge is 0.189 e. The van der Waals surface area contributed by atoms with Crippen molar-refractivity contribution in [2.24, 2.45) is 0 Å². The Hall–Kier alpha value is -0.580. The summed E-state index contributed by atoms with van der Waals surface area (Å²) in [6.07, 6.45) is 0. The maximum absolute atomic E-state index is 5.48. The minimum Gasteiger partial charge on any atom is -0.467 e. The highest BCUT2D eigenvalue weighted by molar-refractivity contribution is 9.10. The lowest BCUT2D eigenvalue weighted by Gasteiger charge is -2.21. The molecule has 0 unspecified atom stereocenters. The average Bonchev–Trinajstić information content (AvgIpc) is 2.18. The number of fused-ring (bicyclic) bond motifs is 1. The topological polar surface area (TPSA) is 30.5 Å². The molecule has 0 amide bonds. The van der Waals surface area contributed by atoms with Crippen LogP contribution in [0.25, 0.3) is 0 Å². The number of nitrogens with one attached hydrogen (secondary N) is 1. The fourth-order valence-corrected chi connectivity index (χ4v) is 2.13. The second-order valence-electron chi connectivity index (χ2n) is 3.19. The molecular weight excluding hydrogens is 246 g/mol. The summed E-state index contributed by atoms with van der Waals surface area (Å²) < 4.78 is 11.8. The molecule has 0 aromatic heterocycles. The fourth-order valence-electron chi connectivity index (χ4n) is 1.58. The van der Waals surface area contributed by atoms with Gasteiger partial charge in [-0.1, -0.05) is 15.9 Å². The number of ether oxygens (including phenoxy) is 2. The van der Waals surface area contributed by atoms with Gasteiger partial charge in [-0.25, -0.2) is 0 Å². The first kappa shape index (κ1) is 9.96. The molecule has 0 fully saturated rings. The zero-order valence-electron chi connectivity index (χ0n) is 7.97. The molecule has 1 aliphatic heterocycles. The normalized spacial score (nSPS) is 14.7. The molecule has 1 aromatic carbocycles. The number of hydrogen-bond donors (Lipinski definition) is 1. The largest absolute Gasteiger partial charge is 0.467 e.